The van der Waals surface area contributed by atoms with E-state index < -0.39 is 0 Å². The van der Waals surface area contributed by atoms with Crippen LogP contribution in [-0.4, -0.2) is 18.1 Å². The third kappa shape index (κ3) is 1.19. The molecule has 58 valence electrons. The number of hydrogen-bond donors (Lipinski definition) is 2. The summed E-state index contributed by atoms with van der Waals surface area (Å²) in [7, 11) is 0. The van der Waals surface area contributed by atoms with Gasteiger partial charge in [0.15, 0.2) is 5.43 Å². The highest BCUT2D eigenvalue weighted by atomic mass is 16.1. The van der Waals surface area contributed by atoms with Gasteiger partial charge in [0.2, 0.25) is 0 Å². The highest BCUT2D eigenvalue weighted by Crippen LogP contribution is 2.14. The van der Waals surface area contributed by atoms with Crippen molar-refractivity contribution in [3.05, 3.63) is 34.2 Å². The number of rotatable bonds is 1. The summed E-state index contributed by atoms with van der Waals surface area (Å²) in [4.78, 5) is 14.0. The van der Waals surface area contributed by atoms with Crippen LogP contribution in [0.4, 0.5) is 0 Å². The quantitative estimate of drug-likeness (QED) is 0.594. The molecule has 2 N–H and O–H groups in total. The number of H-pyrrole nitrogens is 1. The lowest BCUT2D eigenvalue weighted by molar-refractivity contribution is 0.439. The second-order valence-electron chi connectivity index (χ2n) is 2.83. The first-order valence-electron chi connectivity index (χ1n) is 3.75. The minimum atomic E-state index is 0.0886. The summed E-state index contributed by atoms with van der Waals surface area (Å²) in [5, 5.41) is 3.16. The molecule has 3 nitrogen and oxygen atoms in total. The largest absolute Gasteiger partial charge is 0.364 e. The number of aromatic nitrogens is 1. The number of hydrogen-bond acceptors (Lipinski definition) is 2. The molecule has 1 aromatic rings. The molecule has 0 radical (unpaired) electrons. The fourth-order valence-corrected chi connectivity index (χ4v) is 1.21. The fourth-order valence-electron chi connectivity index (χ4n) is 1.21. The zero-order chi connectivity index (χ0) is 7.68. The van der Waals surface area contributed by atoms with Crippen LogP contribution in [-0.2, 0) is 0 Å². The molecule has 1 saturated heterocycles. The Kier molecular flexibility index (Phi) is 1.51. The molecule has 11 heavy (non-hydrogen) atoms. The number of pyridine rings is 1. The van der Waals surface area contributed by atoms with Gasteiger partial charge in [0.1, 0.15) is 0 Å². The maximum absolute atomic E-state index is 10.9. The predicted molar refractivity (Wildman–Crippen MR) is 42.7 cm³/mol. The maximum Gasteiger partial charge on any atom is 0.181 e. The molecule has 0 saturated carbocycles. The van der Waals surface area contributed by atoms with E-state index in [0.717, 1.165) is 18.8 Å². The van der Waals surface area contributed by atoms with E-state index in [1.165, 1.54) is 6.07 Å². The smallest absolute Gasteiger partial charge is 0.181 e. The predicted octanol–water partition coefficient (Wildman–Crippen LogP) is 0.0617. The molecule has 1 aromatic heterocycles. The molecule has 0 aliphatic carbocycles. The highest BCUT2D eigenvalue weighted by molar-refractivity contribution is 5.13. The van der Waals surface area contributed by atoms with Crippen LogP contribution in [0.25, 0.3) is 0 Å². The van der Waals surface area contributed by atoms with Gasteiger partial charge in [-0.25, -0.2) is 0 Å². The first kappa shape index (κ1) is 6.61. The van der Waals surface area contributed by atoms with Crippen molar-refractivity contribution in [3.8, 4) is 0 Å². The van der Waals surface area contributed by atoms with Crippen molar-refractivity contribution in [1.29, 1.82) is 0 Å². The number of aromatic amines is 1. The Balaban J connectivity index is 2.30. The van der Waals surface area contributed by atoms with Gasteiger partial charge >= 0.3 is 0 Å². The van der Waals surface area contributed by atoms with Crippen LogP contribution in [0, 0.1) is 0 Å². The van der Waals surface area contributed by atoms with E-state index in [9.17, 15) is 4.79 Å². The van der Waals surface area contributed by atoms with E-state index in [4.69, 9.17) is 0 Å². The average molecular weight is 150 g/mol. The van der Waals surface area contributed by atoms with Crippen LogP contribution in [0.1, 0.15) is 11.6 Å². The van der Waals surface area contributed by atoms with E-state index in [2.05, 4.69) is 10.3 Å². The molecule has 0 unspecified atom stereocenters. The summed E-state index contributed by atoms with van der Waals surface area (Å²) in [5.74, 6) is 0.517. The third-order valence-electron chi connectivity index (χ3n) is 2.02. The molecule has 0 aromatic carbocycles. The molecule has 0 bridgehead atoms. The van der Waals surface area contributed by atoms with Gasteiger partial charge in [0, 0.05) is 43.0 Å². The van der Waals surface area contributed by atoms with Gasteiger partial charge in [-0.2, -0.15) is 0 Å². The zero-order valence-electron chi connectivity index (χ0n) is 6.13. The molecule has 2 rings (SSSR count). The molecule has 0 atom stereocenters. The Hall–Kier alpha value is -1.09. The normalized spacial score (nSPS) is 17.8. The van der Waals surface area contributed by atoms with Crippen LogP contribution >= 0.6 is 0 Å². The van der Waals surface area contributed by atoms with Crippen molar-refractivity contribution in [3.63, 3.8) is 0 Å². The van der Waals surface area contributed by atoms with E-state index >= 15 is 0 Å². The van der Waals surface area contributed by atoms with Gasteiger partial charge in [0.25, 0.3) is 0 Å². The summed E-state index contributed by atoms with van der Waals surface area (Å²) < 4.78 is 0. The summed E-state index contributed by atoms with van der Waals surface area (Å²) in [6.07, 6.45) is 1.70. The van der Waals surface area contributed by atoms with Gasteiger partial charge < -0.3 is 10.3 Å². The minimum Gasteiger partial charge on any atom is -0.364 e. The lowest BCUT2D eigenvalue weighted by Gasteiger charge is -2.26. The molecule has 1 aliphatic rings. The molecule has 3 heteroatoms. The lowest BCUT2D eigenvalue weighted by atomic mass is 9.99. The van der Waals surface area contributed by atoms with Crippen LogP contribution in [0.15, 0.2) is 23.1 Å². The van der Waals surface area contributed by atoms with Crippen LogP contribution in [0.2, 0.25) is 0 Å². The first-order chi connectivity index (χ1) is 5.36. The highest BCUT2D eigenvalue weighted by Gasteiger charge is 2.18. The second-order valence-corrected chi connectivity index (χ2v) is 2.83. The van der Waals surface area contributed by atoms with Crippen molar-refractivity contribution in [2.24, 2.45) is 0 Å². The van der Waals surface area contributed by atoms with Crippen LogP contribution in [0.5, 0.6) is 0 Å². The SMILES string of the molecule is O=c1cc[nH]c(C2CNC2)c1. The van der Waals surface area contributed by atoms with E-state index in [0.29, 0.717) is 5.92 Å². The monoisotopic (exact) mass is 150 g/mol. The second kappa shape index (κ2) is 2.51. The van der Waals surface area contributed by atoms with Gasteiger partial charge in [-0.1, -0.05) is 0 Å². The Morgan fingerprint density at radius 1 is 1.45 bits per heavy atom. The topological polar surface area (TPSA) is 44.9 Å². The number of nitrogens with one attached hydrogen (secondary N) is 2. The third-order valence-corrected chi connectivity index (χ3v) is 2.02. The Morgan fingerprint density at radius 3 is 2.82 bits per heavy atom. The van der Waals surface area contributed by atoms with Crippen LogP contribution in [0.3, 0.4) is 0 Å². The summed E-state index contributed by atoms with van der Waals surface area (Å²) in [6.45, 7) is 1.97. The summed E-state index contributed by atoms with van der Waals surface area (Å²) in [6, 6.07) is 3.21. The van der Waals surface area contributed by atoms with E-state index in [-0.39, 0.29) is 5.43 Å². The summed E-state index contributed by atoms with van der Waals surface area (Å²) >= 11 is 0. The Labute approximate surface area is 64.5 Å². The van der Waals surface area contributed by atoms with Gasteiger partial charge in [0.05, 0.1) is 0 Å². The molecule has 1 fully saturated rings. The van der Waals surface area contributed by atoms with E-state index in [1.54, 1.807) is 12.3 Å². The standard InChI is InChI=1S/C8H10N2O/c11-7-1-2-10-8(3-7)6-4-9-5-6/h1-3,6,9H,4-5H2,(H,10,11). The Morgan fingerprint density at radius 2 is 2.27 bits per heavy atom. The van der Waals surface area contributed by atoms with E-state index in [1.807, 2.05) is 0 Å². The van der Waals surface area contributed by atoms with Crippen molar-refractivity contribution in [1.82, 2.24) is 10.3 Å². The van der Waals surface area contributed by atoms with Gasteiger partial charge in [-0.3, -0.25) is 4.79 Å². The molecule has 0 spiro atoms. The average Bonchev–Trinajstić information content (AvgIpc) is 1.83. The summed E-state index contributed by atoms with van der Waals surface area (Å²) in [5.41, 5.74) is 1.14. The van der Waals surface area contributed by atoms with Crippen molar-refractivity contribution < 1.29 is 0 Å². The van der Waals surface area contributed by atoms with Crippen molar-refractivity contribution in [2.45, 2.75) is 5.92 Å². The van der Waals surface area contributed by atoms with Crippen molar-refractivity contribution in [2.75, 3.05) is 13.1 Å². The Bertz CT molecular complexity index is 301. The van der Waals surface area contributed by atoms with Gasteiger partial charge in [-0.15, -0.1) is 0 Å². The fraction of sp³-hybridized carbons (Fsp3) is 0.375. The molecule has 0 amide bonds. The van der Waals surface area contributed by atoms with Crippen LogP contribution < -0.4 is 10.7 Å². The van der Waals surface area contributed by atoms with Crippen molar-refractivity contribution >= 4 is 0 Å². The molecule has 2 heterocycles. The minimum absolute atomic E-state index is 0.0886. The zero-order valence-corrected chi connectivity index (χ0v) is 6.13. The molecular formula is C8H10N2O. The van der Waals surface area contributed by atoms with Gasteiger partial charge in [-0.05, 0) is 0 Å². The first-order valence-corrected chi connectivity index (χ1v) is 3.75. The molecule has 1 aliphatic heterocycles. The molecular weight excluding hydrogens is 140 g/mol. The maximum atomic E-state index is 10.9. The lowest BCUT2D eigenvalue weighted by Crippen LogP contribution is -2.40.